The number of anilines is 1. The van der Waals surface area contributed by atoms with Crippen LogP contribution in [0.2, 0.25) is 0 Å². The zero-order valence-corrected chi connectivity index (χ0v) is 11.2. The third-order valence-corrected chi connectivity index (χ3v) is 3.39. The maximum atomic E-state index is 11.8. The summed E-state index contributed by atoms with van der Waals surface area (Å²) in [7, 11) is 0. The van der Waals surface area contributed by atoms with Crippen LogP contribution in [0.25, 0.3) is 11.3 Å². The number of benzene rings is 1. The molecule has 0 spiro atoms. The van der Waals surface area contributed by atoms with Gasteiger partial charge in [0.25, 0.3) is 0 Å². The van der Waals surface area contributed by atoms with Crippen LogP contribution in [0.1, 0.15) is 18.4 Å². The second kappa shape index (κ2) is 5.25. The molecule has 1 fully saturated rings. The minimum atomic E-state index is -0.0561. The molecule has 0 atom stereocenters. The lowest BCUT2D eigenvalue weighted by atomic mass is 10.1. The van der Waals surface area contributed by atoms with Crippen LogP contribution in [0.4, 0.5) is 5.69 Å². The van der Waals surface area contributed by atoms with Crippen LogP contribution in [0.3, 0.4) is 0 Å². The van der Waals surface area contributed by atoms with Gasteiger partial charge in [-0.15, -0.1) is 0 Å². The number of aromatic nitrogens is 1. The second-order valence-corrected chi connectivity index (χ2v) is 5.04. The van der Waals surface area contributed by atoms with E-state index in [1.807, 2.05) is 6.07 Å². The molecular weight excluding hydrogens is 266 g/mol. The fourth-order valence-electron chi connectivity index (χ4n) is 2.04. The third kappa shape index (κ3) is 2.84. The van der Waals surface area contributed by atoms with Gasteiger partial charge in [0.05, 0.1) is 11.3 Å². The van der Waals surface area contributed by atoms with Gasteiger partial charge in [0.2, 0.25) is 5.91 Å². The maximum absolute atomic E-state index is 11.8. The molecule has 0 radical (unpaired) electrons. The van der Waals surface area contributed by atoms with Crippen LogP contribution in [0.15, 0.2) is 36.5 Å². The lowest BCUT2D eigenvalue weighted by Crippen LogP contribution is -2.13. The minimum absolute atomic E-state index is 0.0376. The van der Waals surface area contributed by atoms with E-state index in [2.05, 4.69) is 10.3 Å². The standard InChI is InChI=1S/C16H13N3O2/c17-9-12-7-11(3-4-15(12)20)14-8-13(5-6-18-14)19-16(21)10-1-2-10/h3-8,10,20H,1-2H2,(H,18,19,21). The smallest absolute Gasteiger partial charge is 0.227 e. The number of rotatable bonds is 3. The number of nitrogens with one attached hydrogen (secondary N) is 1. The number of nitriles is 1. The predicted octanol–water partition coefficient (Wildman–Crippen LogP) is 2.67. The summed E-state index contributed by atoms with van der Waals surface area (Å²) < 4.78 is 0. The summed E-state index contributed by atoms with van der Waals surface area (Å²) in [5.41, 5.74) is 2.23. The third-order valence-electron chi connectivity index (χ3n) is 3.39. The first-order valence-electron chi connectivity index (χ1n) is 6.68. The summed E-state index contributed by atoms with van der Waals surface area (Å²) in [6.07, 6.45) is 3.51. The maximum Gasteiger partial charge on any atom is 0.227 e. The Morgan fingerprint density at radius 1 is 1.33 bits per heavy atom. The van der Waals surface area contributed by atoms with E-state index in [9.17, 15) is 9.90 Å². The molecule has 1 amide bonds. The molecule has 1 aliphatic carbocycles. The molecule has 2 N–H and O–H groups in total. The van der Waals surface area contributed by atoms with Gasteiger partial charge in [-0.05, 0) is 43.2 Å². The van der Waals surface area contributed by atoms with Crippen LogP contribution >= 0.6 is 0 Å². The molecule has 21 heavy (non-hydrogen) atoms. The van der Waals surface area contributed by atoms with Crippen molar-refractivity contribution in [1.82, 2.24) is 4.98 Å². The van der Waals surface area contributed by atoms with Crippen molar-refractivity contribution in [3.05, 3.63) is 42.1 Å². The van der Waals surface area contributed by atoms with Crippen molar-refractivity contribution in [2.24, 2.45) is 5.92 Å². The van der Waals surface area contributed by atoms with E-state index in [-0.39, 0.29) is 23.1 Å². The van der Waals surface area contributed by atoms with Gasteiger partial charge in [-0.25, -0.2) is 0 Å². The molecule has 3 rings (SSSR count). The minimum Gasteiger partial charge on any atom is -0.507 e. The lowest BCUT2D eigenvalue weighted by Gasteiger charge is -2.07. The molecule has 5 nitrogen and oxygen atoms in total. The number of hydrogen-bond donors (Lipinski definition) is 2. The van der Waals surface area contributed by atoms with Crippen molar-refractivity contribution >= 4 is 11.6 Å². The summed E-state index contributed by atoms with van der Waals surface area (Å²) in [6, 6.07) is 10.1. The molecule has 104 valence electrons. The molecule has 1 aromatic heterocycles. The van der Waals surface area contributed by atoms with Crippen molar-refractivity contribution in [2.75, 3.05) is 5.32 Å². The zero-order valence-electron chi connectivity index (χ0n) is 11.2. The molecule has 0 aliphatic heterocycles. The number of pyridine rings is 1. The van der Waals surface area contributed by atoms with Crippen LogP contribution in [-0.4, -0.2) is 16.0 Å². The molecule has 1 heterocycles. The van der Waals surface area contributed by atoms with Gasteiger partial charge in [0, 0.05) is 23.4 Å². The molecule has 1 saturated carbocycles. The summed E-state index contributed by atoms with van der Waals surface area (Å²) >= 11 is 0. The van der Waals surface area contributed by atoms with E-state index in [4.69, 9.17) is 5.26 Å². The first-order valence-corrected chi connectivity index (χ1v) is 6.68. The molecule has 5 heteroatoms. The van der Waals surface area contributed by atoms with Crippen LogP contribution in [-0.2, 0) is 4.79 Å². The molecular formula is C16H13N3O2. The molecule has 0 unspecified atom stereocenters. The number of phenolic OH excluding ortho intramolecular Hbond substituents is 1. The molecule has 0 saturated heterocycles. The molecule has 1 aliphatic rings. The van der Waals surface area contributed by atoms with Gasteiger partial charge in [-0.3, -0.25) is 9.78 Å². The van der Waals surface area contributed by atoms with Crippen molar-refractivity contribution in [3.8, 4) is 23.1 Å². The SMILES string of the molecule is N#Cc1cc(-c2cc(NC(=O)C3CC3)ccn2)ccc1O. The molecule has 0 bridgehead atoms. The highest BCUT2D eigenvalue weighted by Gasteiger charge is 2.29. The lowest BCUT2D eigenvalue weighted by molar-refractivity contribution is -0.117. The number of amides is 1. The fourth-order valence-corrected chi connectivity index (χ4v) is 2.04. The fraction of sp³-hybridized carbons (Fsp3) is 0.188. The summed E-state index contributed by atoms with van der Waals surface area (Å²) in [6.45, 7) is 0. The highest BCUT2D eigenvalue weighted by atomic mass is 16.3. The van der Waals surface area contributed by atoms with Crippen molar-refractivity contribution in [3.63, 3.8) is 0 Å². The monoisotopic (exact) mass is 279 g/mol. The number of phenols is 1. The van der Waals surface area contributed by atoms with Gasteiger partial charge in [0.1, 0.15) is 11.8 Å². The number of hydrogen-bond acceptors (Lipinski definition) is 4. The van der Waals surface area contributed by atoms with Crippen molar-refractivity contribution < 1.29 is 9.90 Å². The summed E-state index contributed by atoms with van der Waals surface area (Å²) in [4.78, 5) is 16.0. The highest BCUT2D eigenvalue weighted by Crippen LogP contribution is 2.31. The van der Waals surface area contributed by atoms with Gasteiger partial charge >= 0.3 is 0 Å². The van der Waals surface area contributed by atoms with E-state index in [1.165, 1.54) is 6.07 Å². The topological polar surface area (TPSA) is 86.0 Å². The van der Waals surface area contributed by atoms with Crippen LogP contribution in [0, 0.1) is 17.2 Å². The van der Waals surface area contributed by atoms with E-state index < -0.39 is 0 Å². The van der Waals surface area contributed by atoms with Crippen molar-refractivity contribution in [1.29, 1.82) is 5.26 Å². The normalized spacial score (nSPS) is 13.5. The van der Waals surface area contributed by atoms with E-state index in [0.29, 0.717) is 16.9 Å². The average molecular weight is 279 g/mol. The molecule has 2 aromatic rings. The zero-order chi connectivity index (χ0) is 14.8. The first-order chi connectivity index (χ1) is 10.2. The van der Waals surface area contributed by atoms with Crippen LogP contribution in [0.5, 0.6) is 5.75 Å². The van der Waals surface area contributed by atoms with E-state index in [0.717, 1.165) is 12.8 Å². The highest BCUT2D eigenvalue weighted by molar-refractivity contribution is 5.94. The quantitative estimate of drug-likeness (QED) is 0.904. The Bertz CT molecular complexity index is 745. The number of carbonyl (C=O) groups excluding carboxylic acids is 1. The summed E-state index contributed by atoms with van der Waals surface area (Å²) in [5.74, 6) is 0.121. The van der Waals surface area contributed by atoms with Gasteiger partial charge in [-0.2, -0.15) is 5.26 Å². The Balaban J connectivity index is 1.88. The van der Waals surface area contributed by atoms with Crippen LogP contribution < -0.4 is 5.32 Å². The predicted molar refractivity (Wildman–Crippen MR) is 77.4 cm³/mol. The van der Waals surface area contributed by atoms with Gasteiger partial charge < -0.3 is 10.4 Å². The second-order valence-electron chi connectivity index (χ2n) is 5.04. The Kier molecular flexibility index (Phi) is 3.28. The van der Waals surface area contributed by atoms with Gasteiger partial charge in [0.15, 0.2) is 0 Å². The Labute approximate surface area is 121 Å². The summed E-state index contributed by atoms with van der Waals surface area (Å²) in [5, 5.41) is 21.3. The Hall–Kier alpha value is -2.87. The largest absolute Gasteiger partial charge is 0.507 e. The Morgan fingerprint density at radius 2 is 2.14 bits per heavy atom. The van der Waals surface area contributed by atoms with E-state index in [1.54, 1.807) is 30.5 Å². The first kappa shape index (κ1) is 13.1. The number of aromatic hydroxyl groups is 1. The number of nitrogens with zero attached hydrogens (tertiary/aromatic N) is 2. The Morgan fingerprint density at radius 3 is 2.86 bits per heavy atom. The average Bonchev–Trinajstić information content (AvgIpc) is 3.33. The number of carbonyl (C=O) groups is 1. The van der Waals surface area contributed by atoms with Crippen molar-refractivity contribution in [2.45, 2.75) is 12.8 Å². The van der Waals surface area contributed by atoms with Gasteiger partial charge in [-0.1, -0.05) is 0 Å². The molecule has 1 aromatic carbocycles. The van der Waals surface area contributed by atoms with E-state index >= 15 is 0 Å².